The van der Waals surface area contributed by atoms with Crippen LogP contribution in [-0.2, 0) is 10.7 Å². The van der Waals surface area contributed by atoms with Crippen LogP contribution in [0.4, 0.5) is 14.6 Å². The van der Waals surface area contributed by atoms with E-state index >= 15 is 0 Å². The van der Waals surface area contributed by atoms with E-state index in [1.165, 1.54) is 25.3 Å². The maximum atomic E-state index is 14.5. The topological polar surface area (TPSA) is 69.6 Å². The molecule has 1 aliphatic heterocycles. The number of alkyl halides is 2. The number of aromatic nitrogens is 1. The summed E-state index contributed by atoms with van der Waals surface area (Å²) in [6.45, 7) is 14.2. The number of halogens is 2. The summed E-state index contributed by atoms with van der Waals surface area (Å²) in [6, 6.07) is 3.19. The van der Waals surface area contributed by atoms with Crippen molar-refractivity contribution in [1.29, 1.82) is 0 Å². The van der Waals surface area contributed by atoms with Crippen LogP contribution in [0.3, 0.4) is 0 Å². The lowest BCUT2D eigenvalue weighted by atomic mass is 9.89. The number of hydrogen-bond acceptors (Lipinski definition) is 5. The molecule has 33 heavy (non-hydrogen) atoms. The Morgan fingerprint density at radius 3 is 2.64 bits per heavy atom. The highest BCUT2D eigenvalue weighted by Gasteiger charge is 2.34. The third-order valence-electron chi connectivity index (χ3n) is 6.35. The summed E-state index contributed by atoms with van der Waals surface area (Å²) in [6.07, 6.45) is 3.56. The van der Waals surface area contributed by atoms with Gasteiger partial charge in [-0.1, -0.05) is 13.5 Å². The van der Waals surface area contributed by atoms with Gasteiger partial charge in [0, 0.05) is 56.9 Å². The van der Waals surface area contributed by atoms with Gasteiger partial charge < -0.3 is 15.5 Å². The van der Waals surface area contributed by atoms with Gasteiger partial charge in [-0.3, -0.25) is 4.79 Å². The maximum Gasteiger partial charge on any atom is 0.270 e. The van der Waals surface area contributed by atoms with Crippen molar-refractivity contribution in [2.24, 2.45) is 16.8 Å². The zero-order valence-corrected chi connectivity index (χ0v) is 20.2. The van der Waals surface area contributed by atoms with Crippen molar-refractivity contribution < 1.29 is 13.6 Å². The SMILES string of the molecule is C=CN=C(NC(C)=O)/C(=C(\C)c1cc(C(C)(F)F)cc(N2CCN[C@@H](C)C2)n1)C(C)C1CC1. The van der Waals surface area contributed by atoms with Gasteiger partial charge in [0.15, 0.2) is 0 Å². The quantitative estimate of drug-likeness (QED) is 0.466. The average molecular weight is 460 g/mol. The van der Waals surface area contributed by atoms with Crippen LogP contribution in [0.25, 0.3) is 5.57 Å². The van der Waals surface area contributed by atoms with E-state index in [2.05, 4.69) is 36.1 Å². The molecule has 0 radical (unpaired) electrons. The Hall–Kier alpha value is -2.61. The lowest BCUT2D eigenvalue weighted by Gasteiger charge is -2.33. The molecule has 180 valence electrons. The Labute approximate surface area is 195 Å². The Balaban J connectivity index is 2.18. The van der Waals surface area contributed by atoms with Crippen molar-refractivity contribution in [1.82, 2.24) is 15.6 Å². The molecule has 2 N–H and O–H groups in total. The summed E-state index contributed by atoms with van der Waals surface area (Å²) in [4.78, 5) is 23.1. The largest absolute Gasteiger partial charge is 0.354 e. The standard InChI is InChI=1S/C25H35F2N5O/c1-7-28-24(30-18(5)33)23(16(3)19-8-9-19)17(4)21-12-20(25(6,26)27)13-22(31-21)32-11-10-29-15(2)14-32/h7,12-13,15-16,19,29H,1,8-11,14H2,2-6H3,(H,28,30,33)/b23-17+/t15-,16?/m0/s1. The second kappa shape index (κ2) is 10.1. The van der Waals surface area contributed by atoms with E-state index in [0.717, 1.165) is 37.5 Å². The number of allylic oxidation sites excluding steroid dienone is 1. The van der Waals surface area contributed by atoms with Gasteiger partial charge in [0.2, 0.25) is 5.91 Å². The number of carbonyl (C=O) groups is 1. The Kier molecular flexibility index (Phi) is 7.67. The van der Waals surface area contributed by atoms with Crippen LogP contribution in [0, 0.1) is 11.8 Å². The predicted molar refractivity (Wildman–Crippen MR) is 129 cm³/mol. The summed E-state index contributed by atoms with van der Waals surface area (Å²) in [5.41, 5.74) is 1.95. The summed E-state index contributed by atoms with van der Waals surface area (Å²) < 4.78 is 29.0. The van der Waals surface area contributed by atoms with Gasteiger partial charge >= 0.3 is 0 Å². The number of piperazine rings is 1. The molecule has 6 nitrogen and oxygen atoms in total. The molecule has 3 rings (SSSR count). The molecule has 8 heteroatoms. The fraction of sp³-hybridized carbons (Fsp3) is 0.560. The predicted octanol–water partition coefficient (Wildman–Crippen LogP) is 4.49. The van der Waals surface area contributed by atoms with Gasteiger partial charge in [0.1, 0.15) is 11.7 Å². The first kappa shape index (κ1) is 25.0. The minimum atomic E-state index is -3.01. The molecular weight excluding hydrogens is 424 g/mol. The van der Waals surface area contributed by atoms with E-state index in [9.17, 15) is 13.6 Å². The molecule has 1 aromatic heterocycles. The van der Waals surface area contributed by atoms with Crippen LogP contribution in [-0.4, -0.2) is 42.4 Å². The molecule has 1 aliphatic carbocycles. The summed E-state index contributed by atoms with van der Waals surface area (Å²) in [7, 11) is 0. The van der Waals surface area contributed by atoms with Crippen LogP contribution < -0.4 is 15.5 Å². The van der Waals surface area contributed by atoms with Crippen molar-refractivity contribution in [2.75, 3.05) is 24.5 Å². The summed E-state index contributed by atoms with van der Waals surface area (Å²) in [5.74, 6) is -1.77. The molecule has 1 unspecified atom stereocenters. The van der Waals surface area contributed by atoms with E-state index in [0.29, 0.717) is 36.4 Å². The molecule has 1 amide bonds. The average Bonchev–Trinajstić information content (AvgIpc) is 3.58. The zero-order valence-electron chi connectivity index (χ0n) is 20.2. The first-order valence-corrected chi connectivity index (χ1v) is 11.6. The van der Waals surface area contributed by atoms with Gasteiger partial charge in [-0.25, -0.2) is 18.8 Å². The molecule has 0 aromatic carbocycles. The second-order valence-electron chi connectivity index (χ2n) is 9.30. The third kappa shape index (κ3) is 6.25. The Morgan fingerprint density at radius 2 is 2.09 bits per heavy atom. The number of amides is 1. The van der Waals surface area contributed by atoms with E-state index < -0.39 is 5.92 Å². The van der Waals surface area contributed by atoms with E-state index in [1.54, 1.807) is 0 Å². The number of amidine groups is 1. The first-order valence-electron chi connectivity index (χ1n) is 11.6. The molecule has 0 bridgehead atoms. The van der Waals surface area contributed by atoms with Gasteiger partial charge in [-0.2, -0.15) is 0 Å². The molecule has 1 aromatic rings. The Morgan fingerprint density at radius 1 is 1.39 bits per heavy atom. The van der Waals surface area contributed by atoms with Crippen LogP contribution >= 0.6 is 0 Å². The van der Waals surface area contributed by atoms with Gasteiger partial charge in [0.05, 0.1) is 5.69 Å². The van der Waals surface area contributed by atoms with Gasteiger partial charge in [0.25, 0.3) is 5.92 Å². The molecule has 2 heterocycles. The molecule has 2 fully saturated rings. The summed E-state index contributed by atoms with van der Waals surface area (Å²) in [5, 5.41) is 6.18. The molecule has 2 atom stereocenters. The van der Waals surface area contributed by atoms with E-state index in [1.807, 2.05) is 11.8 Å². The molecule has 0 spiro atoms. The van der Waals surface area contributed by atoms with Crippen LogP contribution in [0.1, 0.15) is 58.7 Å². The number of nitrogens with zero attached hydrogens (tertiary/aromatic N) is 3. The van der Waals surface area contributed by atoms with E-state index in [4.69, 9.17) is 4.98 Å². The summed E-state index contributed by atoms with van der Waals surface area (Å²) >= 11 is 0. The number of nitrogens with one attached hydrogen (secondary N) is 2. The highest BCUT2D eigenvalue weighted by molar-refractivity contribution is 6.11. The third-order valence-corrected chi connectivity index (χ3v) is 6.35. The fourth-order valence-electron chi connectivity index (χ4n) is 4.40. The van der Waals surface area contributed by atoms with Gasteiger partial charge in [-0.15, -0.1) is 0 Å². The minimum Gasteiger partial charge on any atom is -0.354 e. The normalized spacial score (nSPS) is 21.4. The van der Waals surface area contributed by atoms with Crippen LogP contribution in [0.5, 0.6) is 0 Å². The van der Waals surface area contributed by atoms with E-state index in [-0.39, 0.29) is 23.4 Å². The number of anilines is 1. The van der Waals surface area contributed by atoms with Crippen molar-refractivity contribution in [3.63, 3.8) is 0 Å². The monoisotopic (exact) mass is 459 g/mol. The second-order valence-corrected chi connectivity index (χ2v) is 9.30. The van der Waals surface area contributed by atoms with Crippen molar-refractivity contribution >= 4 is 23.1 Å². The lowest BCUT2D eigenvalue weighted by Crippen LogP contribution is -2.49. The smallest absolute Gasteiger partial charge is 0.270 e. The van der Waals surface area contributed by atoms with Crippen molar-refractivity contribution in [3.8, 4) is 0 Å². The lowest BCUT2D eigenvalue weighted by molar-refractivity contribution is -0.117. The fourth-order valence-corrected chi connectivity index (χ4v) is 4.40. The highest BCUT2D eigenvalue weighted by atomic mass is 19.3. The number of aliphatic imine (C=N–C) groups is 1. The number of pyridine rings is 1. The van der Waals surface area contributed by atoms with Crippen LogP contribution in [0.2, 0.25) is 0 Å². The zero-order chi connectivity index (χ0) is 24.3. The van der Waals surface area contributed by atoms with Crippen molar-refractivity contribution in [3.05, 3.63) is 41.7 Å². The number of rotatable bonds is 7. The van der Waals surface area contributed by atoms with Gasteiger partial charge in [-0.05, 0) is 56.2 Å². The van der Waals surface area contributed by atoms with Crippen molar-refractivity contribution in [2.45, 2.75) is 59.4 Å². The van der Waals surface area contributed by atoms with Crippen LogP contribution in [0.15, 0.2) is 35.5 Å². The molecule has 2 aliphatic rings. The maximum absolute atomic E-state index is 14.5. The molecular formula is C25H35F2N5O. The highest BCUT2D eigenvalue weighted by Crippen LogP contribution is 2.43. The number of hydrogen-bond donors (Lipinski definition) is 2. The number of carbonyl (C=O) groups excluding carboxylic acids is 1. The Bertz CT molecular complexity index is 962. The molecule has 1 saturated heterocycles. The minimum absolute atomic E-state index is 0.0757. The molecule has 1 saturated carbocycles. The first-order chi connectivity index (χ1) is 15.5.